The van der Waals surface area contributed by atoms with Crippen LogP contribution in [0.4, 0.5) is 5.13 Å². The minimum absolute atomic E-state index is 0.0220. The molecule has 8 nitrogen and oxygen atoms in total. The van der Waals surface area contributed by atoms with Gasteiger partial charge in [0, 0.05) is 42.0 Å². The summed E-state index contributed by atoms with van der Waals surface area (Å²) >= 11 is 1.29. The molecule has 1 saturated heterocycles. The molecule has 1 aliphatic rings. The fraction of sp³-hybridized carbons (Fsp3) is 0.333. The van der Waals surface area contributed by atoms with Crippen molar-refractivity contribution < 1.29 is 14.4 Å². The van der Waals surface area contributed by atoms with Crippen LogP contribution < -0.4 is 16.0 Å². The van der Waals surface area contributed by atoms with Crippen molar-refractivity contribution in [2.45, 2.75) is 25.7 Å². The number of amides is 3. The van der Waals surface area contributed by atoms with E-state index in [1.165, 1.54) is 22.3 Å². The quantitative estimate of drug-likeness (QED) is 0.463. The number of nitrogens with one attached hydrogen (secondary N) is 4. The molecule has 4 N–H and O–H groups in total. The average Bonchev–Trinajstić information content (AvgIpc) is 3.35. The first-order chi connectivity index (χ1) is 14.6. The van der Waals surface area contributed by atoms with Gasteiger partial charge in [0.15, 0.2) is 5.13 Å². The Bertz CT molecular complexity index is 1060. The molecule has 9 heteroatoms. The summed E-state index contributed by atoms with van der Waals surface area (Å²) in [5.41, 5.74) is 2.88. The van der Waals surface area contributed by atoms with Gasteiger partial charge in [-0.15, -0.1) is 11.3 Å². The third-order valence-electron chi connectivity index (χ3n) is 5.15. The Kier molecular flexibility index (Phi) is 6.08. The van der Waals surface area contributed by atoms with Gasteiger partial charge < -0.3 is 20.9 Å². The lowest BCUT2D eigenvalue weighted by atomic mass is 9.98. The summed E-state index contributed by atoms with van der Waals surface area (Å²) in [6.07, 6.45) is 3.78. The average molecular weight is 426 g/mol. The number of para-hydroxylation sites is 1. The standard InChI is InChI=1S/C21H23N5O3S/c27-18-6-5-14(11-24-18)20(29)26-21-25-15(12-30-21)9-19(28)22-8-7-13-10-23-17-4-2-1-3-16(13)17/h1-4,10,12,14,23H,5-9,11H2,(H,22,28)(H,24,27)(H,25,26,29). The van der Waals surface area contributed by atoms with Crippen molar-refractivity contribution in [3.63, 3.8) is 0 Å². The smallest absolute Gasteiger partial charge is 0.231 e. The van der Waals surface area contributed by atoms with Crippen LogP contribution in [-0.4, -0.2) is 40.8 Å². The zero-order valence-corrected chi connectivity index (χ0v) is 17.2. The van der Waals surface area contributed by atoms with Crippen LogP contribution in [0.25, 0.3) is 10.9 Å². The Morgan fingerprint density at radius 2 is 2.13 bits per heavy atom. The maximum atomic E-state index is 12.3. The van der Waals surface area contributed by atoms with Crippen LogP contribution in [0, 0.1) is 5.92 Å². The molecule has 1 aliphatic heterocycles. The van der Waals surface area contributed by atoms with Gasteiger partial charge >= 0.3 is 0 Å². The summed E-state index contributed by atoms with van der Waals surface area (Å²) in [5.74, 6) is -0.527. The molecule has 0 saturated carbocycles. The van der Waals surface area contributed by atoms with E-state index in [-0.39, 0.29) is 30.1 Å². The zero-order valence-electron chi connectivity index (χ0n) is 16.4. The molecule has 1 fully saturated rings. The molecule has 0 spiro atoms. The minimum Gasteiger partial charge on any atom is -0.361 e. The van der Waals surface area contributed by atoms with Crippen molar-refractivity contribution in [1.82, 2.24) is 20.6 Å². The third-order valence-corrected chi connectivity index (χ3v) is 5.96. The first-order valence-electron chi connectivity index (χ1n) is 9.92. The maximum Gasteiger partial charge on any atom is 0.231 e. The zero-order chi connectivity index (χ0) is 20.9. The maximum absolute atomic E-state index is 12.3. The second-order valence-electron chi connectivity index (χ2n) is 7.31. The fourth-order valence-electron chi connectivity index (χ4n) is 3.51. The number of aromatic amines is 1. The molecule has 0 aliphatic carbocycles. The van der Waals surface area contributed by atoms with Crippen LogP contribution >= 0.6 is 11.3 Å². The van der Waals surface area contributed by atoms with E-state index in [9.17, 15) is 14.4 Å². The Morgan fingerprint density at radius 1 is 1.27 bits per heavy atom. The number of anilines is 1. The number of rotatable bonds is 7. The van der Waals surface area contributed by atoms with Crippen molar-refractivity contribution in [2.75, 3.05) is 18.4 Å². The van der Waals surface area contributed by atoms with E-state index >= 15 is 0 Å². The summed E-state index contributed by atoms with van der Waals surface area (Å²) in [6, 6.07) is 8.08. The molecule has 3 heterocycles. The van der Waals surface area contributed by atoms with Crippen molar-refractivity contribution in [3.8, 4) is 0 Å². The first kappa shape index (κ1) is 20.1. The van der Waals surface area contributed by atoms with E-state index < -0.39 is 0 Å². The number of benzene rings is 1. The van der Waals surface area contributed by atoms with Crippen LogP contribution in [0.5, 0.6) is 0 Å². The molecule has 0 radical (unpaired) electrons. The van der Waals surface area contributed by atoms with E-state index in [0.717, 1.165) is 11.9 Å². The number of hydrogen-bond acceptors (Lipinski definition) is 5. The molecule has 1 aromatic carbocycles. The van der Waals surface area contributed by atoms with Gasteiger partial charge in [-0.2, -0.15) is 0 Å². The van der Waals surface area contributed by atoms with Crippen LogP contribution in [0.3, 0.4) is 0 Å². The van der Waals surface area contributed by atoms with Gasteiger partial charge in [0.05, 0.1) is 18.0 Å². The van der Waals surface area contributed by atoms with Crippen LogP contribution in [-0.2, 0) is 27.2 Å². The minimum atomic E-state index is -0.247. The molecule has 4 rings (SSSR count). The van der Waals surface area contributed by atoms with E-state index in [1.54, 1.807) is 5.38 Å². The normalized spacial score (nSPS) is 16.3. The van der Waals surface area contributed by atoms with E-state index in [0.29, 0.717) is 36.8 Å². The number of aromatic nitrogens is 2. The molecule has 156 valence electrons. The SMILES string of the molecule is O=C1CCC(C(=O)Nc2nc(CC(=O)NCCc3c[nH]c4ccccc34)cs2)CN1. The molecule has 3 amide bonds. The van der Waals surface area contributed by atoms with Gasteiger partial charge in [-0.05, 0) is 24.5 Å². The lowest BCUT2D eigenvalue weighted by Crippen LogP contribution is -2.40. The highest BCUT2D eigenvalue weighted by Gasteiger charge is 2.25. The number of thiazole rings is 1. The van der Waals surface area contributed by atoms with E-state index in [2.05, 4.69) is 32.0 Å². The summed E-state index contributed by atoms with van der Waals surface area (Å²) in [4.78, 5) is 43.3. The third kappa shape index (κ3) is 4.85. The molecule has 3 aromatic rings. The summed E-state index contributed by atoms with van der Waals surface area (Å²) in [6.45, 7) is 0.892. The largest absolute Gasteiger partial charge is 0.361 e. The predicted octanol–water partition coefficient (Wildman–Crippen LogP) is 1.99. The summed E-state index contributed by atoms with van der Waals surface area (Å²) in [5, 5.41) is 11.8. The van der Waals surface area contributed by atoms with Crippen molar-refractivity contribution >= 4 is 45.1 Å². The molecule has 0 bridgehead atoms. The van der Waals surface area contributed by atoms with Gasteiger partial charge in [0.25, 0.3) is 0 Å². The first-order valence-corrected chi connectivity index (χ1v) is 10.8. The number of H-pyrrole nitrogens is 1. The van der Waals surface area contributed by atoms with Crippen molar-refractivity contribution in [3.05, 3.63) is 47.1 Å². The number of hydrogen-bond donors (Lipinski definition) is 4. The second-order valence-corrected chi connectivity index (χ2v) is 8.17. The van der Waals surface area contributed by atoms with E-state index in [4.69, 9.17) is 0 Å². The van der Waals surface area contributed by atoms with Gasteiger partial charge in [-0.1, -0.05) is 18.2 Å². The number of nitrogens with zero attached hydrogens (tertiary/aromatic N) is 1. The molecular weight excluding hydrogens is 402 g/mol. The molecule has 30 heavy (non-hydrogen) atoms. The van der Waals surface area contributed by atoms with Crippen LogP contribution in [0.1, 0.15) is 24.1 Å². The highest BCUT2D eigenvalue weighted by atomic mass is 32.1. The topological polar surface area (TPSA) is 116 Å². The Balaban J connectivity index is 1.23. The van der Waals surface area contributed by atoms with Gasteiger partial charge in [-0.3, -0.25) is 14.4 Å². The molecule has 2 aromatic heterocycles. The van der Waals surface area contributed by atoms with Gasteiger partial charge in [0.1, 0.15) is 0 Å². The number of carbonyl (C=O) groups is 3. The number of fused-ring (bicyclic) bond motifs is 1. The van der Waals surface area contributed by atoms with E-state index in [1.807, 2.05) is 24.4 Å². The van der Waals surface area contributed by atoms with Crippen molar-refractivity contribution in [1.29, 1.82) is 0 Å². The summed E-state index contributed by atoms with van der Waals surface area (Å²) in [7, 11) is 0. The number of carbonyl (C=O) groups excluding carboxylic acids is 3. The molecule has 1 atom stereocenters. The molecule has 1 unspecified atom stereocenters. The number of piperidine rings is 1. The fourth-order valence-corrected chi connectivity index (χ4v) is 4.22. The van der Waals surface area contributed by atoms with Crippen LogP contribution in [0.2, 0.25) is 0 Å². The Morgan fingerprint density at radius 3 is 2.97 bits per heavy atom. The lowest BCUT2D eigenvalue weighted by molar-refractivity contribution is -0.126. The van der Waals surface area contributed by atoms with Crippen LogP contribution in [0.15, 0.2) is 35.8 Å². The molecular formula is C21H23N5O3S. The summed E-state index contributed by atoms with van der Waals surface area (Å²) < 4.78 is 0. The lowest BCUT2D eigenvalue weighted by Gasteiger charge is -2.20. The van der Waals surface area contributed by atoms with Gasteiger partial charge in [-0.25, -0.2) is 4.98 Å². The second kappa shape index (κ2) is 9.08. The monoisotopic (exact) mass is 425 g/mol. The Hall–Kier alpha value is -3.20. The van der Waals surface area contributed by atoms with Crippen molar-refractivity contribution in [2.24, 2.45) is 5.92 Å². The predicted molar refractivity (Wildman–Crippen MR) is 115 cm³/mol. The van der Waals surface area contributed by atoms with Gasteiger partial charge in [0.2, 0.25) is 17.7 Å². The highest BCUT2D eigenvalue weighted by molar-refractivity contribution is 7.13. The Labute approximate surface area is 177 Å². The highest BCUT2D eigenvalue weighted by Crippen LogP contribution is 2.20.